The molecule has 4 nitrogen and oxygen atoms in total. The third-order valence-electron chi connectivity index (χ3n) is 4.02. The van der Waals surface area contributed by atoms with Gasteiger partial charge in [-0.25, -0.2) is 0 Å². The van der Waals surface area contributed by atoms with Crippen LogP contribution in [0.1, 0.15) is 0 Å². The van der Waals surface area contributed by atoms with Gasteiger partial charge in [0.25, 0.3) is 0 Å². The predicted octanol–water partition coefficient (Wildman–Crippen LogP) is -9.67. The van der Waals surface area contributed by atoms with Crippen molar-refractivity contribution in [1.82, 2.24) is 0 Å². The molecule has 86 valence electrons. The second-order valence-corrected chi connectivity index (χ2v) is 4.45. The number of hydrogen-bond acceptors (Lipinski definition) is 1. The third kappa shape index (κ3) is 1.45. The Morgan fingerprint density at radius 2 is 1.14 bits per heavy atom. The van der Waals surface area contributed by atoms with Crippen LogP contribution in [-0.2, 0) is 4.74 Å². The van der Waals surface area contributed by atoms with Crippen molar-refractivity contribution in [2.24, 2.45) is 10.8 Å². The van der Waals surface area contributed by atoms with Crippen molar-refractivity contribution in [3.05, 3.63) is 0 Å². The molecular formula is C8H18Cl2N2O2. The van der Waals surface area contributed by atoms with Crippen molar-refractivity contribution < 1.29 is 45.7 Å². The lowest BCUT2D eigenvalue weighted by molar-refractivity contribution is -0.689. The summed E-state index contributed by atoms with van der Waals surface area (Å²) in [5, 5.41) is 4.96. The molecule has 14 heavy (non-hydrogen) atoms. The van der Waals surface area contributed by atoms with Gasteiger partial charge in [0, 0.05) is 0 Å². The van der Waals surface area contributed by atoms with Crippen molar-refractivity contribution in [1.29, 1.82) is 0 Å². The van der Waals surface area contributed by atoms with Crippen LogP contribution >= 0.6 is 0 Å². The Balaban J connectivity index is 0.000000563. The highest BCUT2D eigenvalue weighted by Gasteiger charge is 2.67. The number of quaternary nitrogens is 2. The second-order valence-electron chi connectivity index (χ2n) is 4.45. The normalized spacial score (nSPS) is 42.9. The molecule has 6 N–H and O–H groups in total. The van der Waals surface area contributed by atoms with Crippen LogP contribution in [0.3, 0.4) is 0 Å². The van der Waals surface area contributed by atoms with Gasteiger partial charge in [0.1, 0.15) is 10.8 Å². The first-order chi connectivity index (χ1) is 5.37. The van der Waals surface area contributed by atoms with Gasteiger partial charge in [0.15, 0.2) is 0 Å². The fourth-order valence-electron chi connectivity index (χ4n) is 3.27. The van der Waals surface area contributed by atoms with Gasteiger partial charge in [0.05, 0.1) is 39.4 Å². The van der Waals surface area contributed by atoms with Gasteiger partial charge in [-0.15, -0.1) is 0 Å². The van der Waals surface area contributed by atoms with Gasteiger partial charge >= 0.3 is 0 Å². The molecule has 3 heterocycles. The summed E-state index contributed by atoms with van der Waals surface area (Å²) in [7, 11) is 0. The van der Waals surface area contributed by atoms with Crippen molar-refractivity contribution in [2.45, 2.75) is 0 Å². The summed E-state index contributed by atoms with van der Waals surface area (Å²) in [5.41, 5.74) is 1.12. The first kappa shape index (κ1) is 14.4. The third-order valence-corrected chi connectivity index (χ3v) is 4.02. The van der Waals surface area contributed by atoms with Gasteiger partial charge < -0.3 is 45.7 Å². The molecule has 0 amide bonds. The summed E-state index contributed by atoms with van der Waals surface area (Å²) >= 11 is 0. The molecule has 3 saturated heterocycles. The molecule has 0 aromatic carbocycles. The van der Waals surface area contributed by atoms with Gasteiger partial charge in [0.2, 0.25) is 0 Å². The van der Waals surface area contributed by atoms with Gasteiger partial charge in [-0.3, -0.25) is 0 Å². The van der Waals surface area contributed by atoms with Gasteiger partial charge in [-0.05, 0) is 0 Å². The first-order valence-corrected chi connectivity index (χ1v) is 4.58. The van der Waals surface area contributed by atoms with Crippen LogP contribution in [0.25, 0.3) is 0 Å². The maximum absolute atomic E-state index is 5.62. The van der Waals surface area contributed by atoms with Gasteiger partial charge in [-0.1, -0.05) is 0 Å². The maximum Gasteiger partial charge on any atom is 0.110 e. The summed E-state index contributed by atoms with van der Waals surface area (Å²) in [4.78, 5) is 0. The van der Waals surface area contributed by atoms with Crippen molar-refractivity contribution >= 4 is 0 Å². The molecule has 0 spiro atoms. The smallest absolute Gasteiger partial charge is 0.110 e. The van der Waals surface area contributed by atoms with Crippen LogP contribution in [0.15, 0.2) is 0 Å². The molecular weight excluding hydrogens is 227 g/mol. The van der Waals surface area contributed by atoms with Crippen LogP contribution in [-0.4, -0.2) is 44.9 Å². The van der Waals surface area contributed by atoms with Crippen LogP contribution in [0.5, 0.6) is 0 Å². The topological polar surface area (TPSA) is 74.0 Å². The summed E-state index contributed by atoms with van der Waals surface area (Å²) in [6, 6.07) is 0. The van der Waals surface area contributed by atoms with E-state index in [9.17, 15) is 0 Å². The Bertz CT molecular complexity index is 156. The minimum atomic E-state index is 0. The zero-order valence-corrected chi connectivity index (χ0v) is 9.57. The second kappa shape index (κ2) is 4.51. The van der Waals surface area contributed by atoms with E-state index >= 15 is 0 Å². The van der Waals surface area contributed by atoms with E-state index < -0.39 is 0 Å². The predicted molar refractivity (Wildman–Crippen MR) is 42.6 cm³/mol. The molecule has 0 bridgehead atoms. The molecule has 3 fully saturated rings. The quantitative estimate of drug-likeness (QED) is 0.437. The van der Waals surface area contributed by atoms with E-state index in [0.29, 0.717) is 10.8 Å². The number of halogens is 2. The van der Waals surface area contributed by atoms with Gasteiger partial charge in [-0.2, -0.15) is 0 Å². The number of nitrogens with two attached hydrogens (primary N) is 2. The minimum absolute atomic E-state index is 0. The molecule has 3 aliphatic heterocycles. The summed E-state index contributed by atoms with van der Waals surface area (Å²) in [5.74, 6) is 0. The van der Waals surface area contributed by atoms with Crippen LogP contribution in [0.2, 0.25) is 0 Å². The van der Waals surface area contributed by atoms with Crippen molar-refractivity contribution in [3.63, 3.8) is 0 Å². The minimum Gasteiger partial charge on any atom is -1.00 e. The van der Waals surface area contributed by atoms with Crippen LogP contribution < -0.4 is 35.4 Å². The maximum atomic E-state index is 5.62. The highest BCUT2D eigenvalue weighted by molar-refractivity contribution is 5.05. The monoisotopic (exact) mass is 244 g/mol. The standard InChI is InChI=1S/C8H14N2O.2ClH.H2O/c1-7-2-10-4-8(7,3-9-1)6-11-5-7;;;/h9-10H,1-6H2;2*1H;1H2. The Morgan fingerprint density at radius 1 is 0.786 bits per heavy atom. The van der Waals surface area contributed by atoms with E-state index in [1.54, 1.807) is 0 Å². The molecule has 0 atom stereocenters. The van der Waals surface area contributed by atoms with Crippen LogP contribution in [0, 0.1) is 10.8 Å². The lowest BCUT2D eigenvalue weighted by Gasteiger charge is -2.20. The highest BCUT2D eigenvalue weighted by atomic mass is 35.5. The molecule has 0 aromatic heterocycles. The SMILES string of the molecule is C1[NH2+]CC23C[NH2+]CC12COC3.O.[Cl-].[Cl-]. The molecule has 0 saturated carbocycles. The molecule has 0 unspecified atom stereocenters. The Morgan fingerprint density at radius 3 is 1.50 bits per heavy atom. The number of ether oxygens (including phenoxy) is 1. The lowest BCUT2D eigenvalue weighted by atomic mass is 9.71. The van der Waals surface area contributed by atoms with E-state index in [-0.39, 0.29) is 30.3 Å². The highest BCUT2D eigenvalue weighted by Crippen LogP contribution is 2.45. The van der Waals surface area contributed by atoms with Crippen molar-refractivity contribution in [3.8, 4) is 0 Å². The Kier molecular flexibility index (Phi) is 4.65. The summed E-state index contributed by atoms with van der Waals surface area (Å²) < 4.78 is 5.62. The summed E-state index contributed by atoms with van der Waals surface area (Å²) in [6.45, 7) is 7.29. The van der Waals surface area contributed by atoms with Crippen molar-refractivity contribution in [2.75, 3.05) is 39.4 Å². The average molecular weight is 245 g/mol. The van der Waals surface area contributed by atoms with E-state index in [4.69, 9.17) is 4.74 Å². The number of rotatable bonds is 0. The fourth-order valence-corrected chi connectivity index (χ4v) is 3.27. The zero-order chi connectivity index (χ0) is 7.36. The molecule has 0 radical (unpaired) electrons. The summed E-state index contributed by atoms with van der Waals surface area (Å²) in [6.07, 6.45) is 0. The van der Waals surface area contributed by atoms with E-state index in [1.165, 1.54) is 26.2 Å². The molecule has 3 rings (SSSR count). The van der Waals surface area contributed by atoms with E-state index in [2.05, 4.69) is 10.6 Å². The molecule has 0 aliphatic carbocycles. The lowest BCUT2D eigenvalue weighted by Crippen LogP contribution is -3.00. The first-order valence-electron chi connectivity index (χ1n) is 4.58. The molecule has 6 heteroatoms. The molecule has 0 aromatic rings. The number of hydrogen-bond donors (Lipinski definition) is 2. The fraction of sp³-hybridized carbons (Fsp3) is 1.00. The van der Waals surface area contributed by atoms with Crippen LogP contribution in [0.4, 0.5) is 0 Å². The molecule has 3 aliphatic rings. The van der Waals surface area contributed by atoms with E-state index in [0.717, 1.165) is 13.2 Å². The Hall–Kier alpha value is 0.420. The Labute approximate surface area is 96.3 Å². The average Bonchev–Trinajstić information content (AvgIpc) is 2.40. The van der Waals surface area contributed by atoms with E-state index in [1.807, 2.05) is 0 Å². The largest absolute Gasteiger partial charge is 1.00 e. The zero-order valence-electron chi connectivity index (χ0n) is 8.06.